The number of ether oxygens (including phenoxy) is 1. The molecule has 0 saturated carbocycles. The Kier molecular flexibility index (Phi) is 8.12. The molecule has 2 unspecified atom stereocenters. The molecule has 148 valence electrons. The van der Waals surface area contributed by atoms with E-state index in [0.717, 1.165) is 0 Å². The van der Waals surface area contributed by atoms with Crippen LogP contribution in [0.5, 0.6) is 0 Å². The van der Waals surface area contributed by atoms with Crippen molar-refractivity contribution in [3.05, 3.63) is 48.6 Å². The summed E-state index contributed by atoms with van der Waals surface area (Å²) < 4.78 is 5.08. The lowest BCUT2D eigenvalue weighted by molar-refractivity contribution is -0.299. The van der Waals surface area contributed by atoms with Crippen LogP contribution in [0.25, 0.3) is 0 Å². The summed E-state index contributed by atoms with van der Waals surface area (Å²) in [6.45, 7) is 18.8. The zero-order chi connectivity index (χ0) is 21.7. The van der Waals surface area contributed by atoms with Gasteiger partial charge in [-0.05, 0) is 50.0 Å². The van der Waals surface area contributed by atoms with E-state index in [-0.39, 0.29) is 22.3 Å². The molecule has 0 saturated heterocycles. The van der Waals surface area contributed by atoms with Gasteiger partial charge in [-0.2, -0.15) is 0 Å². The summed E-state index contributed by atoms with van der Waals surface area (Å²) in [5, 5.41) is 21.4. The topological polar surface area (TPSA) is 118 Å². The molecule has 7 nitrogen and oxygen atoms in total. The van der Waals surface area contributed by atoms with Gasteiger partial charge in [-0.1, -0.05) is 26.3 Å². The number of carbonyl (C=O) groups excluding carboxylic acids is 4. The highest BCUT2D eigenvalue weighted by molar-refractivity contribution is 6.07. The Morgan fingerprint density at radius 2 is 0.926 bits per heavy atom. The Hall–Kier alpha value is -2.48. The van der Waals surface area contributed by atoms with Crippen LogP contribution in [0.15, 0.2) is 48.6 Å². The summed E-state index contributed by atoms with van der Waals surface area (Å²) in [5.74, 6) is -9.62. The van der Waals surface area contributed by atoms with E-state index in [1.54, 1.807) is 0 Å². The maximum Gasteiger partial charge on any atom is 0.241 e. The van der Waals surface area contributed by atoms with Crippen LogP contribution in [0.2, 0.25) is 0 Å². The molecule has 0 rings (SSSR count). The van der Waals surface area contributed by atoms with Crippen LogP contribution >= 0.6 is 0 Å². The Morgan fingerprint density at radius 1 is 0.667 bits per heavy atom. The normalized spacial score (nSPS) is 15.0. The third kappa shape index (κ3) is 6.32. The minimum atomic E-state index is -2.93. The largest absolute Gasteiger partial charge is 0.359 e. The van der Waals surface area contributed by atoms with Crippen molar-refractivity contribution < 1.29 is 34.1 Å². The highest BCUT2D eigenvalue weighted by atomic mass is 16.7. The molecule has 0 amide bonds. The van der Waals surface area contributed by atoms with Crippen molar-refractivity contribution in [1.29, 1.82) is 0 Å². The quantitative estimate of drug-likeness (QED) is 0.392. The van der Waals surface area contributed by atoms with Gasteiger partial charge in [0, 0.05) is 0 Å². The zero-order valence-electron chi connectivity index (χ0n) is 16.2. The maximum atomic E-state index is 12.4. The Bertz CT molecular complexity index is 681. The molecule has 7 heteroatoms. The molecule has 2 atom stereocenters. The second kappa shape index (κ2) is 8.94. The van der Waals surface area contributed by atoms with Gasteiger partial charge in [-0.3, -0.25) is 19.2 Å². The fourth-order valence-corrected chi connectivity index (χ4v) is 2.01. The van der Waals surface area contributed by atoms with Crippen LogP contribution in [0.1, 0.15) is 40.5 Å². The van der Waals surface area contributed by atoms with Gasteiger partial charge in [0.2, 0.25) is 23.1 Å². The molecule has 0 aromatic carbocycles. The smallest absolute Gasteiger partial charge is 0.241 e. The van der Waals surface area contributed by atoms with E-state index in [4.69, 9.17) is 4.74 Å². The second-order valence-electron chi connectivity index (χ2n) is 6.65. The van der Waals surface area contributed by atoms with E-state index >= 15 is 0 Å². The molecule has 0 aromatic heterocycles. The molecule has 0 spiro atoms. The van der Waals surface area contributed by atoms with Gasteiger partial charge in [0.15, 0.2) is 11.6 Å². The Labute approximate surface area is 158 Å². The van der Waals surface area contributed by atoms with E-state index in [0.29, 0.717) is 0 Å². The molecule has 0 aliphatic carbocycles. The molecule has 0 fully saturated rings. The summed E-state index contributed by atoms with van der Waals surface area (Å²) in [7, 11) is 0. The van der Waals surface area contributed by atoms with Crippen molar-refractivity contribution in [1.82, 2.24) is 0 Å². The molecule has 0 aliphatic rings. The number of ketones is 4. The van der Waals surface area contributed by atoms with Gasteiger partial charge in [0.1, 0.15) is 0 Å². The predicted octanol–water partition coefficient (Wildman–Crippen LogP) is 1.74. The summed E-state index contributed by atoms with van der Waals surface area (Å²) in [6, 6.07) is 0. The third-order valence-electron chi connectivity index (χ3n) is 3.57. The number of rotatable bonds is 12. The minimum Gasteiger partial charge on any atom is -0.359 e. The number of aliphatic hydroxyl groups is 2. The lowest BCUT2D eigenvalue weighted by Gasteiger charge is -2.35. The average Bonchev–Trinajstić information content (AvgIpc) is 2.52. The van der Waals surface area contributed by atoms with Crippen molar-refractivity contribution in [2.45, 2.75) is 52.1 Å². The van der Waals surface area contributed by atoms with Crippen LogP contribution in [0.4, 0.5) is 0 Å². The first-order valence-corrected chi connectivity index (χ1v) is 8.00. The molecule has 0 heterocycles. The van der Waals surface area contributed by atoms with Crippen molar-refractivity contribution in [2.75, 3.05) is 0 Å². The van der Waals surface area contributed by atoms with Crippen LogP contribution in [0, 0.1) is 0 Å². The third-order valence-corrected chi connectivity index (χ3v) is 3.57. The lowest BCUT2D eigenvalue weighted by Crippen LogP contribution is -2.55. The second-order valence-corrected chi connectivity index (χ2v) is 6.65. The van der Waals surface area contributed by atoms with Gasteiger partial charge in [-0.25, -0.2) is 0 Å². The van der Waals surface area contributed by atoms with Gasteiger partial charge in [-0.15, -0.1) is 0 Å². The first-order chi connectivity index (χ1) is 12.1. The number of carbonyl (C=O) groups is 4. The first-order valence-electron chi connectivity index (χ1n) is 8.00. The predicted molar refractivity (Wildman–Crippen MR) is 99.5 cm³/mol. The molecule has 0 aliphatic heterocycles. The van der Waals surface area contributed by atoms with Gasteiger partial charge in [0.05, 0.1) is 12.8 Å². The minimum absolute atomic E-state index is 0.0133. The standard InChI is InChI=1S/C20H26O7/c1-11(2)15(21)9-19(25,17(23)13(5)6)27-20(26,18(24)14(7)8)10-16(22)12(3)4/h25-26H,1,3,5,7,9-10H2,2,4,6,8H3. The molecule has 27 heavy (non-hydrogen) atoms. The summed E-state index contributed by atoms with van der Waals surface area (Å²) in [5.41, 5.74) is -0.356. The van der Waals surface area contributed by atoms with E-state index in [2.05, 4.69) is 26.3 Å². The highest BCUT2D eigenvalue weighted by Gasteiger charge is 2.51. The van der Waals surface area contributed by atoms with Crippen LogP contribution in [0.3, 0.4) is 0 Å². The summed E-state index contributed by atoms with van der Waals surface area (Å²) in [4.78, 5) is 48.9. The van der Waals surface area contributed by atoms with Crippen LogP contribution < -0.4 is 0 Å². The number of allylic oxidation sites excluding steroid dienone is 2. The van der Waals surface area contributed by atoms with Gasteiger partial charge in [0.25, 0.3) is 0 Å². The van der Waals surface area contributed by atoms with Crippen molar-refractivity contribution >= 4 is 23.1 Å². The Balaban J connectivity index is 6.26. The SMILES string of the molecule is C=C(C)C(=O)CC(O)(OC(O)(CC(=O)C(=C)C)C(=O)C(=C)C)C(=O)C(=C)C. The van der Waals surface area contributed by atoms with Crippen LogP contribution in [-0.2, 0) is 23.9 Å². The highest BCUT2D eigenvalue weighted by Crippen LogP contribution is 2.30. The molecule has 0 radical (unpaired) electrons. The average molecular weight is 378 g/mol. The van der Waals surface area contributed by atoms with E-state index in [1.807, 2.05) is 0 Å². The first kappa shape index (κ1) is 24.5. The van der Waals surface area contributed by atoms with Crippen LogP contribution in [-0.4, -0.2) is 44.9 Å². The summed E-state index contributed by atoms with van der Waals surface area (Å²) >= 11 is 0. The fraction of sp³-hybridized carbons (Fsp3) is 0.400. The van der Waals surface area contributed by atoms with Gasteiger partial charge >= 0.3 is 0 Å². The molecule has 0 aromatic rings. The van der Waals surface area contributed by atoms with E-state index in [1.165, 1.54) is 27.7 Å². The van der Waals surface area contributed by atoms with Crippen molar-refractivity contribution in [3.8, 4) is 0 Å². The number of Topliss-reactive ketones (excluding diaryl/α,β-unsaturated/α-hetero) is 4. The zero-order valence-corrected chi connectivity index (χ0v) is 16.2. The number of hydrogen-bond donors (Lipinski definition) is 2. The maximum absolute atomic E-state index is 12.4. The molecule has 0 bridgehead atoms. The lowest BCUT2D eigenvalue weighted by atomic mass is 9.94. The molecule has 2 N–H and O–H groups in total. The van der Waals surface area contributed by atoms with Crippen molar-refractivity contribution in [3.63, 3.8) is 0 Å². The molecular weight excluding hydrogens is 352 g/mol. The fourth-order valence-electron chi connectivity index (χ4n) is 2.01. The Morgan fingerprint density at radius 3 is 1.11 bits per heavy atom. The van der Waals surface area contributed by atoms with E-state index < -0.39 is 47.5 Å². The number of hydrogen-bond acceptors (Lipinski definition) is 7. The van der Waals surface area contributed by atoms with Gasteiger partial charge < -0.3 is 14.9 Å². The monoisotopic (exact) mass is 378 g/mol. The van der Waals surface area contributed by atoms with Crippen molar-refractivity contribution in [2.24, 2.45) is 0 Å². The molecular formula is C20H26O7. The summed E-state index contributed by atoms with van der Waals surface area (Å²) in [6.07, 6.45) is -1.86. The van der Waals surface area contributed by atoms with E-state index in [9.17, 15) is 29.4 Å².